The largest absolute Gasteiger partial charge is 0.496 e. The lowest BCUT2D eigenvalue weighted by molar-refractivity contribution is 0.411. The Labute approximate surface area is 125 Å². The minimum Gasteiger partial charge on any atom is -0.496 e. The molecule has 0 amide bonds. The van der Waals surface area contributed by atoms with Crippen LogP contribution in [-0.4, -0.2) is 13.7 Å². The van der Waals surface area contributed by atoms with Crippen molar-refractivity contribution in [1.29, 1.82) is 0 Å². The van der Waals surface area contributed by atoms with Crippen LogP contribution in [0.25, 0.3) is 0 Å². The van der Waals surface area contributed by atoms with Gasteiger partial charge in [0.2, 0.25) is 0 Å². The third kappa shape index (κ3) is 3.33. The SMILES string of the molecule is COc1ccc(C(CCN)c2ccc(Cl)cc2)cc1C. The first kappa shape index (κ1) is 14.9. The van der Waals surface area contributed by atoms with Gasteiger partial charge in [-0.3, -0.25) is 0 Å². The van der Waals surface area contributed by atoms with Gasteiger partial charge in [-0.2, -0.15) is 0 Å². The summed E-state index contributed by atoms with van der Waals surface area (Å²) >= 11 is 5.96. The zero-order valence-electron chi connectivity index (χ0n) is 11.9. The second-order valence-corrected chi connectivity index (χ2v) is 5.35. The monoisotopic (exact) mass is 289 g/mol. The summed E-state index contributed by atoms with van der Waals surface area (Å²) in [6, 6.07) is 14.3. The molecule has 0 aliphatic carbocycles. The average Bonchev–Trinajstić information content (AvgIpc) is 2.46. The first-order chi connectivity index (χ1) is 9.65. The molecule has 2 aromatic rings. The van der Waals surface area contributed by atoms with Crippen molar-refractivity contribution in [2.75, 3.05) is 13.7 Å². The minimum atomic E-state index is 0.293. The lowest BCUT2D eigenvalue weighted by Crippen LogP contribution is -2.09. The highest BCUT2D eigenvalue weighted by Gasteiger charge is 2.14. The van der Waals surface area contributed by atoms with Gasteiger partial charge < -0.3 is 10.5 Å². The second kappa shape index (κ2) is 6.78. The van der Waals surface area contributed by atoms with Crippen LogP contribution in [-0.2, 0) is 0 Å². The number of hydrogen-bond donors (Lipinski definition) is 1. The number of aryl methyl sites for hydroxylation is 1. The van der Waals surface area contributed by atoms with Gasteiger partial charge >= 0.3 is 0 Å². The summed E-state index contributed by atoms with van der Waals surface area (Å²) in [6.07, 6.45) is 0.910. The number of nitrogens with two attached hydrogens (primary N) is 1. The Morgan fingerprint density at radius 1 is 1.10 bits per heavy atom. The summed E-state index contributed by atoms with van der Waals surface area (Å²) < 4.78 is 5.32. The number of methoxy groups -OCH3 is 1. The van der Waals surface area contributed by atoms with E-state index < -0.39 is 0 Å². The molecule has 0 aromatic heterocycles. The highest BCUT2D eigenvalue weighted by Crippen LogP contribution is 2.31. The molecule has 0 fully saturated rings. The van der Waals surface area contributed by atoms with Gasteiger partial charge in [-0.25, -0.2) is 0 Å². The molecule has 0 heterocycles. The molecule has 0 radical (unpaired) electrons. The summed E-state index contributed by atoms with van der Waals surface area (Å²) in [7, 11) is 1.69. The first-order valence-corrected chi connectivity index (χ1v) is 7.13. The predicted molar refractivity (Wildman–Crippen MR) is 84.7 cm³/mol. The van der Waals surface area contributed by atoms with Crippen molar-refractivity contribution < 1.29 is 4.74 Å². The van der Waals surface area contributed by atoms with Crippen LogP contribution in [0, 0.1) is 6.92 Å². The summed E-state index contributed by atoms with van der Waals surface area (Å²) in [5.74, 6) is 1.21. The van der Waals surface area contributed by atoms with E-state index in [2.05, 4.69) is 31.2 Å². The molecule has 0 bridgehead atoms. The van der Waals surface area contributed by atoms with Gasteiger partial charge in [0.25, 0.3) is 0 Å². The Bertz CT molecular complexity index is 566. The summed E-state index contributed by atoms with van der Waals surface area (Å²) in [4.78, 5) is 0. The molecule has 2 aromatic carbocycles. The molecule has 2 rings (SSSR count). The molecule has 2 nitrogen and oxygen atoms in total. The summed E-state index contributed by atoms with van der Waals surface area (Å²) in [5.41, 5.74) is 9.42. The van der Waals surface area contributed by atoms with Gasteiger partial charge in [0.15, 0.2) is 0 Å². The lowest BCUT2D eigenvalue weighted by Gasteiger charge is -2.19. The van der Waals surface area contributed by atoms with Crippen molar-refractivity contribution in [2.45, 2.75) is 19.3 Å². The molecule has 20 heavy (non-hydrogen) atoms. The highest BCUT2D eigenvalue weighted by atomic mass is 35.5. The van der Waals surface area contributed by atoms with Crippen molar-refractivity contribution >= 4 is 11.6 Å². The second-order valence-electron chi connectivity index (χ2n) is 4.91. The topological polar surface area (TPSA) is 35.2 Å². The molecule has 106 valence electrons. The van der Waals surface area contributed by atoms with Crippen LogP contribution in [0.2, 0.25) is 5.02 Å². The minimum absolute atomic E-state index is 0.293. The van der Waals surface area contributed by atoms with Crippen LogP contribution in [0.5, 0.6) is 5.75 Å². The van der Waals surface area contributed by atoms with E-state index >= 15 is 0 Å². The molecule has 1 atom stereocenters. The average molecular weight is 290 g/mol. The molecular weight excluding hydrogens is 270 g/mol. The Hall–Kier alpha value is -1.51. The number of halogens is 1. The molecule has 0 saturated heterocycles. The van der Waals surface area contributed by atoms with E-state index in [4.69, 9.17) is 22.1 Å². The Balaban J connectivity index is 2.37. The molecule has 2 N–H and O–H groups in total. The molecule has 0 aliphatic heterocycles. The number of rotatable bonds is 5. The van der Waals surface area contributed by atoms with Gasteiger partial charge in [-0.15, -0.1) is 0 Å². The van der Waals surface area contributed by atoms with Crippen molar-refractivity contribution in [1.82, 2.24) is 0 Å². The van der Waals surface area contributed by atoms with E-state index in [1.807, 2.05) is 18.2 Å². The molecular formula is C17H20ClNO. The molecule has 0 spiro atoms. The van der Waals surface area contributed by atoms with Crippen LogP contribution < -0.4 is 10.5 Å². The zero-order chi connectivity index (χ0) is 14.5. The molecule has 3 heteroatoms. The standard InChI is InChI=1S/C17H20ClNO/c1-12-11-14(5-8-17(12)20-2)16(9-10-19)13-3-6-15(18)7-4-13/h3-8,11,16H,9-10,19H2,1-2H3. The quantitative estimate of drug-likeness (QED) is 0.898. The fourth-order valence-electron chi connectivity index (χ4n) is 2.51. The number of ether oxygens (including phenoxy) is 1. The van der Waals surface area contributed by atoms with E-state index in [1.165, 1.54) is 11.1 Å². The number of benzene rings is 2. The van der Waals surface area contributed by atoms with Crippen molar-refractivity contribution in [3.63, 3.8) is 0 Å². The van der Waals surface area contributed by atoms with Gasteiger partial charge in [0.1, 0.15) is 5.75 Å². The first-order valence-electron chi connectivity index (χ1n) is 6.75. The summed E-state index contributed by atoms with van der Waals surface area (Å²) in [5, 5.41) is 0.756. The third-order valence-corrected chi connectivity index (χ3v) is 3.80. The van der Waals surface area contributed by atoms with Crippen LogP contribution in [0.1, 0.15) is 29.0 Å². The van der Waals surface area contributed by atoms with Gasteiger partial charge in [-0.1, -0.05) is 35.9 Å². The van der Waals surface area contributed by atoms with E-state index in [0.29, 0.717) is 12.5 Å². The molecule has 0 aliphatic rings. The van der Waals surface area contributed by atoms with Crippen molar-refractivity contribution in [3.8, 4) is 5.75 Å². The lowest BCUT2D eigenvalue weighted by atomic mass is 9.88. The van der Waals surface area contributed by atoms with Gasteiger partial charge in [-0.05, 0) is 54.8 Å². The van der Waals surface area contributed by atoms with E-state index in [-0.39, 0.29) is 0 Å². The van der Waals surface area contributed by atoms with Crippen LogP contribution in [0.4, 0.5) is 0 Å². The fraction of sp³-hybridized carbons (Fsp3) is 0.294. The highest BCUT2D eigenvalue weighted by molar-refractivity contribution is 6.30. The Morgan fingerprint density at radius 2 is 1.75 bits per heavy atom. The Morgan fingerprint density at radius 3 is 2.30 bits per heavy atom. The number of hydrogen-bond acceptors (Lipinski definition) is 2. The molecule has 0 saturated carbocycles. The summed E-state index contributed by atoms with van der Waals surface area (Å²) in [6.45, 7) is 2.71. The van der Waals surface area contributed by atoms with E-state index in [9.17, 15) is 0 Å². The van der Waals surface area contributed by atoms with Crippen LogP contribution in [0.3, 0.4) is 0 Å². The third-order valence-electron chi connectivity index (χ3n) is 3.55. The van der Waals surface area contributed by atoms with Gasteiger partial charge in [0, 0.05) is 10.9 Å². The molecule has 1 unspecified atom stereocenters. The zero-order valence-corrected chi connectivity index (χ0v) is 12.7. The maximum Gasteiger partial charge on any atom is 0.121 e. The predicted octanol–water partition coefficient (Wildman–Crippen LogP) is 4.14. The van der Waals surface area contributed by atoms with Gasteiger partial charge in [0.05, 0.1) is 7.11 Å². The van der Waals surface area contributed by atoms with Crippen molar-refractivity contribution in [3.05, 3.63) is 64.2 Å². The van der Waals surface area contributed by atoms with E-state index in [0.717, 1.165) is 22.8 Å². The Kier molecular flexibility index (Phi) is 5.05. The maximum atomic E-state index is 5.96. The maximum absolute atomic E-state index is 5.96. The van der Waals surface area contributed by atoms with Crippen LogP contribution >= 0.6 is 11.6 Å². The smallest absolute Gasteiger partial charge is 0.121 e. The van der Waals surface area contributed by atoms with Crippen LogP contribution in [0.15, 0.2) is 42.5 Å². The fourth-order valence-corrected chi connectivity index (χ4v) is 2.63. The normalized spacial score (nSPS) is 12.2. The van der Waals surface area contributed by atoms with Crippen molar-refractivity contribution in [2.24, 2.45) is 5.73 Å². The van der Waals surface area contributed by atoms with E-state index in [1.54, 1.807) is 7.11 Å².